The zero-order chi connectivity index (χ0) is 22.3. The molecule has 170 valence electrons. The van der Waals surface area contributed by atoms with E-state index in [-0.39, 0.29) is 68.8 Å². The van der Waals surface area contributed by atoms with Gasteiger partial charge in [-0.15, -0.1) is 0 Å². The summed E-state index contributed by atoms with van der Waals surface area (Å²) in [5.74, 6) is 0. The van der Waals surface area contributed by atoms with Gasteiger partial charge in [-0.05, 0) is 6.07 Å². The number of nitro benzene ring substituents is 1. The second-order valence-electron chi connectivity index (χ2n) is 6.88. The van der Waals surface area contributed by atoms with E-state index in [1.54, 1.807) is 0 Å². The summed E-state index contributed by atoms with van der Waals surface area (Å²) in [7, 11) is -4.10. The summed E-state index contributed by atoms with van der Waals surface area (Å²) in [5, 5.41) is 48.3. The van der Waals surface area contributed by atoms with Crippen LogP contribution in [0.15, 0.2) is 23.1 Å². The Balaban J connectivity index is 2.34. The van der Waals surface area contributed by atoms with Gasteiger partial charge in [0.05, 0.1) is 36.5 Å². The minimum atomic E-state index is -4.10. The number of nitro groups is 1. The van der Waals surface area contributed by atoms with E-state index in [2.05, 4.69) is 0 Å². The fourth-order valence-corrected chi connectivity index (χ4v) is 4.98. The van der Waals surface area contributed by atoms with Gasteiger partial charge in [0.2, 0.25) is 10.0 Å². The quantitative estimate of drug-likeness (QED) is 0.220. The summed E-state index contributed by atoms with van der Waals surface area (Å²) in [6.07, 6.45) is -0.915. The Morgan fingerprint density at radius 3 is 2.20 bits per heavy atom. The lowest BCUT2D eigenvalue weighted by Gasteiger charge is -2.35. The van der Waals surface area contributed by atoms with Crippen molar-refractivity contribution in [2.75, 3.05) is 70.5 Å². The van der Waals surface area contributed by atoms with E-state index in [1.165, 1.54) is 21.3 Å². The Labute approximate surface area is 174 Å². The van der Waals surface area contributed by atoms with E-state index in [1.807, 2.05) is 4.90 Å². The number of hydrogen-bond acceptors (Lipinski definition) is 10. The first-order chi connectivity index (χ1) is 14.2. The fourth-order valence-electron chi connectivity index (χ4n) is 3.33. The second kappa shape index (κ2) is 10.9. The third kappa shape index (κ3) is 5.85. The van der Waals surface area contributed by atoms with Crippen LogP contribution in [0.1, 0.15) is 0 Å². The van der Waals surface area contributed by atoms with Crippen molar-refractivity contribution in [1.29, 1.82) is 0 Å². The van der Waals surface area contributed by atoms with Gasteiger partial charge in [-0.1, -0.05) is 0 Å². The van der Waals surface area contributed by atoms with Crippen LogP contribution in [0.25, 0.3) is 0 Å². The molecular formula is C17H28N4O8S. The molecule has 1 fully saturated rings. The van der Waals surface area contributed by atoms with Crippen LogP contribution in [0.2, 0.25) is 0 Å². The number of β-amino-alcohol motifs (C(OH)–C–C–N with tert-alkyl or cyclic N) is 1. The van der Waals surface area contributed by atoms with Gasteiger partial charge in [-0.3, -0.25) is 15.0 Å². The Bertz CT molecular complexity index is 808. The van der Waals surface area contributed by atoms with Gasteiger partial charge in [-0.2, -0.15) is 4.31 Å². The van der Waals surface area contributed by atoms with Crippen molar-refractivity contribution in [3.05, 3.63) is 28.3 Å². The van der Waals surface area contributed by atoms with Crippen LogP contribution in [0, 0.1) is 10.1 Å². The van der Waals surface area contributed by atoms with Gasteiger partial charge in [0.15, 0.2) is 0 Å². The zero-order valence-electron chi connectivity index (χ0n) is 16.5. The van der Waals surface area contributed by atoms with Crippen LogP contribution in [-0.2, 0) is 10.0 Å². The highest BCUT2D eigenvalue weighted by Crippen LogP contribution is 2.32. The second-order valence-corrected chi connectivity index (χ2v) is 8.79. The monoisotopic (exact) mass is 448 g/mol. The van der Waals surface area contributed by atoms with Crippen LogP contribution in [0.3, 0.4) is 0 Å². The molecule has 1 aromatic carbocycles. The summed E-state index contributed by atoms with van der Waals surface area (Å²) in [4.78, 5) is 13.6. The smallest absolute Gasteiger partial charge is 0.270 e. The molecule has 1 saturated heterocycles. The molecule has 1 aliphatic rings. The van der Waals surface area contributed by atoms with E-state index >= 15 is 0 Å². The highest BCUT2D eigenvalue weighted by Gasteiger charge is 2.33. The van der Waals surface area contributed by atoms with Crippen LogP contribution in [0.4, 0.5) is 11.4 Å². The third-order valence-corrected chi connectivity index (χ3v) is 6.79. The molecule has 0 radical (unpaired) electrons. The molecule has 0 saturated carbocycles. The summed E-state index contributed by atoms with van der Waals surface area (Å²) < 4.78 is 27.9. The van der Waals surface area contributed by atoms with E-state index in [9.17, 15) is 33.9 Å². The van der Waals surface area contributed by atoms with Gasteiger partial charge in [-0.25, -0.2) is 8.42 Å². The molecule has 1 unspecified atom stereocenters. The number of anilines is 1. The minimum absolute atomic E-state index is 0.0493. The van der Waals surface area contributed by atoms with Crippen molar-refractivity contribution in [1.82, 2.24) is 9.21 Å². The molecule has 1 aromatic rings. The van der Waals surface area contributed by atoms with E-state index < -0.39 is 21.1 Å². The predicted molar refractivity (Wildman–Crippen MR) is 108 cm³/mol. The SMILES string of the molecule is O=[N+]([O-])c1ccc(N(CCO)CCO)c(S(=O)(=O)N2CCN(CC(O)CO)CC2)c1. The molecule has 2 rings (SSSR count). The molecule has 30 heavy (non-hydrogen) atoms. The van der Waals surface area contributed by atoms with Crippen molar-refractivity contribution >= 4 is 21.4 Å². The third-order valence-electron chi connectivity index (χ3n) is 4.86. The number of benzene rings is 1. The lowest BCUT2D eigenvalue weighted by molar-refractivity contribution is -0.385. The Morgan fingerprint density at radius 1 is 1.10 bits per heavy atom. The molecule has 0 spiro atoms. The van der Waals surface area contributed by atoms with Gasteiger partial charge < -0.3 is 25.3 Å². The number of rotatable bonds is 11. The van der Waals surface area contributed by atoms with Crippen LogP contribution < -0.4 is 4.90 Å². The average molecular weight is 448 g/mol. The van der Waals surface area contributed by atoms with Gasteiger partial charge in [0, 0.05) is 57.9 Å². The molecule has 4 N–H and O–H groups in total. The van der Waals surface area contributed by atoms with Gasteiger partial charge >= 0.3 is 0 Å². The normalized spacial score (nSPS) is 17.1. The first-order valence-electron chi connectivity index (χ1n) is 9.51. The lowest BCUT2D eigenvalue weighted by atomic mass is 10.2. The first kappa shape index (κ1) is 24.4. The zero-order valence-corrected chi connectivity index (χ0v) is 17.3. The number of aliphatic hydroxyl groups excluding tert-OH is 4. The van der Waals surface area contributed by atoms with Crippen molar-refractivity contribution in [3.8, 4) is 0 Å². The maximum absolute atomic E-state index is 13.3. The maximum atomic E-state index is 13.3. The molecule has 1 heterocycles. The number of sulfonamides is 1. The Hall–Kier alpha value is -1.87. The van der Waals surface area contributed by atoms with Crippen molar-refractivity contribution < 1.29 is 33.8 Å². The van der Waals surface area contributed by atoms with Crippen molar-refractivity contribution in [2.24, 2.45) is 0 Å². The highest BCUT2D eigenvalue weighted by atomic mass is 32.2. The first-order valence-corrected chi connectivity index (χ1v) is 10.9. The number of hydrogen-bond donors (Lipinski definition) is 4. The fraction of sp³-hybridized carbons (Fsp3) is 0.647. The molecule has 1 aliphatic heterocycles. The molecule has 1 atom stereocenters. The largest absolute Gasteiger partial charge is 0.395 e. The highest BCUT2D eigenvalue weighted by molar-refractivity contribution is 7.89. The van der Waals surface area contributed by atoms with Crippen LogP contribution in [-0.4, -0.2) is 115 Å². The summed E-state index contributed by atoms with van der Waals surface area (Å²) >= 11 is 0. The predicted octanol–water partition coefficient (Wildman–Crippen LogP) is -1.95. The number of aliphatic hydroxyl groups is 4. The molecule has 0 aliphatic carbocycles. The molecule has 13 heteroatoms. The number of piperazine rings is 1. The Morgan fingerprint density at radius 2 is 1.70 bits per heavy atom. The topological polar surface area (TPSA) is 168 Å². The van der Waals surface area contributed by atoms with E-state index in [0.29, 0.717) is 13.1 Å². The van der Waals surface area contributed by atoms with Crippen molar-refractivity contribution in [3.63, 3.8) is 0 Å². The molecule has 0 aromatic heterocycles. The van der Waals surface area contributed by atoms with Crippen molar-refractivity contribution in [2.45, 2.75) is 11.0 Å². The summed E-state index contributed by atoms with van der Waals surface area (Å²) in [6.45, 7) is 0.237. The number of non-ortho nitro benzene ring substituents is 1. The van der Waals surface area contributed by atoms with Crippen LogP contribution in [0.5, 0.6) is 0 Å². The average Bonchev–Trinajstić information content (AvgIpc) is 2.73. The maximum Gasteiger partial charge on any atom is 0.270 e. The Kier molecular flexibility index (Phi) is 8.91. The number of nitrogens with zero attached hydrogens (tertiary/aromatic N) is 4. The van der Waals surface area contributed by atoms with E-state index in [4.69, 9.17) is 5.11 Å². The molecular weight excluding hydrogens is 420 g/mol. The van der Waals surface area contributed by atoms with Gasteiger partial charge in [0.1, 0.15) is 4.90 Å². The lowest BCUT2D eigenvalue weighted by Crippen LogP contribution is -2.50. The summed E-state index contributed by atoms with van der Waals surface area (Å²) in [6, 6.07) is 3.49. The van der Waals surface area contributed by atoms with Gasteiger partial charge in [0.25, 0.3) is 5.69 Å². The standard InChI is InChI=1S/C17H28N4O8S/c22-9-7-19(8-10-23)16-2-1-14(21(26)27)11-17(16)30(28,29)20-5-3-18(4-6-20)12-15(25)13-24/h1-2,11,15,22-25H,3-10,12-13H2. The van der Waals surface area contributed by atoms with E-state index in [0.717, 1.165) is 6.07 Å². The van der Waals surface area contributed by atoms with Crippen LogP contribution >= 0.6 is 0 Å². The molecule has 0 bridgehead atoms. The minimum Gasteiger partial charge on any atom is -0.395 e. The molecule has 12 nitrogen and oxygen atoms in total. The summed E-state index contributed by atoms with van der Waals surface area (Å²) in [5.41, 5.74) is -0.211. The molecule has 0 amide bonds.